The van der Waals surface area contributed by atoms with E-state index in [1.807, 2.05) is 0 Å². The summed E-state index contributed by atoms with van der Waals surface area (Å²) >= 11 is 0. The van der Waals surface area contributed by atoms with Gasteiger partial charge in [0.15, 0.2) is 0 Å². The van der Waals surface area contributed by atoms with Crippen molar-refractivity contribution in [2.75, 3.05) is 26.3 Å². The molecule has 1 aliphatic carbocycles. The fraction of sp³-hybridized carbons (Fsp3) is 1.00. The number of halogens is 3. The van der Waals surface area contributed by atoms with Crippen LogP contribution in [0, 0.1) is 5.92 Å². The lowest BCUT2D eigenvalue weighted by Gasteiger charge is -2.15. The summed E-state index contributed by atoms with van der Waals surface area (Å²) in [7, 11) is 0. The average Bonchev–Trinajstić information content (AvgIpc) is 2.50. The Bertz CT molecular complexity index is 189. The monoisotopic (exact) mass is 253 g/mol. The maximum atomic E-state index is 11.8. The standard InChI is InChI=1S/C12H22F3NO/c13-12(14,15)10-17-8-7-16-9-11-5-3-1-2-4-6-11/h11,16H,1-10H2. The van der Waals surface area contributed by atoms with Crippen molar-refractivity contribution in [3.05, 3.63) is 0 Å². The van der Waals surface area contributed by atoms with Crippen LogP contribution in [-0.4, -0.2) is 32.5 Å². The van der Waals surface area contributed by atoms with Crippen LogP contribution in [0.15, 0.2) is 0 Å². The first kappa shape index (κ1) is 14.8. The van der Waals surface area contributed by atoms with Gasteiger partial charge in [-0.3, -0.25) is 0 Å². The van der Waals surface area contributed by atoms with Crippen molar-refractivity contribution in [1.29, 1.82) is 0 Å². The van der Waals surface area contributed by atoms with Crippen LogP contribution in [0.2, 0.25) is 0 Å². The van der Waals surface area contributed by atoms with Gasteiger partial charge in [-0.1, -0.05) is 25.7 Å². The Kier molecular flexibility index (Phi) is 6.89. The fourth-order valence-corrected chi connectivity index (χ4v) is 2.21. The van der Waals surface area contributed by atoms with Gasteiger partial charge in [-0.2, -0.15) is 13.2 Å². The molecule has 0 aliphatic heterocycles. The lowest BCUT2D eigenvalue weighted by atomic mass is 10.0. The molecule has 102 valence electrons. The van der Waals surface area contributed by atoms with Crippen LogP contribution in [0.5, 0.6) is 0 Å². The summed E-state index contributed by atoms with van der Waals surface area (Å²) in [5.74, 6) is 0.695. The molecule has 0 radical (unpaired) electrons. The van der Waals surface area contributed by atoms with Crippen LogP contribution in [0.3, 0.4) is 0 Å². The summed E-state index contributed by atoms with van der Waals surface area (Å²) in [6, 6.07) is 0. The molecule has 0 amide bonds. The molecule has 2 nitrogen and oxygen atoms in total. The van der Waals surface area contributed by atoms with Crippen molar-refractivity contribution in [1.82, 2.24) is 5.32 Å². The first-order valence-electron chi connectivity index (χ1n) is 6.43. The summed E-state index contributed by atoms with van der Waals surface area (Å²) in [4.78, 5) is 0. The molecular formula is C12H22F3NO. The molecule has 1 N–H and O–H groups in total. The van der Waals surface area contributed by atoms with E-state index in [0.717, 1.165) is 6.54 Å². The third-order valence-corrected chi connectivity index (χ3v) is 3.10. The number of ether oxygens (including phenoxy) is 1. The molecule has 0 unspecified atom stereocenters. The van der Waals surface area contributed by atoms with E-state index in [1.54, 1.807) is 0 Å². The molecule has 0 aromatic heterocycles. The highest BCUT2D eigenvalue weighted by Crippen LogP contribution is 2.21. The minimum absolute atomic E-state index is 0.131. The summed E-state index contributed by atoms with van der Waals surface area (Å²) in [6.07, 6.45) is 3.51. The van der Waals surface area contributed by atoms with Crippen LogP contribution in [0.25, 0.3) is 0 Å². The van der Waals surface area contributed by atoms with Crippen molar-refractivity contribution in [3.63, 3.8) is 0 Å². The fourth-order valence-electron chi connectivity index (χ4n) is 2.21. The van der Waals surface area contributed by atoms with Gasteiger partial charge in [0.25, 0.3) is 0 Å². The molecule has 1 rings (SSSR count). The minimum atomic E-state index is -4.21. The molecule has 0 heterocycles. The zero-order valence-corrected chi connectivity index (χ0v) is 10.2. The number of alkyl halides is 3. The lowest BCUT2D eigenvalue weighted by Crippen LogP contribution is -2.27. The Balaban J connectivity index is 1.93. The first-order valence-corrected chi connectivity index (χ1v) is 6.43. The summed E-state index contributed by atoms with van der Waals surface area (Å²) in [6.45, 7) is 0.409. The highest BCUT2D eigenvalue weighted by Gasteiger charge is 2.27. The van der Waals surface area contributed by atoms with E-state index in [9.17, 15) is 13.2 Å². The molecule has 0 bridgehead atoms. The molecule has 0 spiro atoms. The van der Waals surface area contributed by atoms with E-state index >= 15 is 0 Å². The van der Waals surface area contributed by atoms with Gasteiger partial charge in [0.2, 0.25) is 0 Å². The van der Waals surface area contributed by atoms with E-state index in [2.05, 4.69) is 10.1 Å². The third-order valence-electron chi connectivity index (χ3n) is 3.10. The smallest absolute Gasteiger partial charge is 0.371 e. The number of nitrogens with one attached hydrogen (secondary N) is 1. The maximum Gasteiger partial charge on any atom is 0.411 e. The lowest BCUT2D eigenvalue weighted by molar-refractivity contribution is -0.173. The van der Waals surface area contributed by atoms with E-state index in [1.165, 1.54) is 38.5 Å². The second-order valence-corrected chi connectivity index (χ2v) is 4.73. The molecule has 1 fully saturated rings. The topological polar surface area (TPSA) is 21.3 Å². The average molecular weight is 253 g/mol. The van der Waals surface area contributed by atoms with E-state index in [4.69, 9.17) is 0 Å². The second kappa shape index (κ2) is 7.93. The predicted molar refractivity (Wildman–Crippen MR) is 60.9 cm³/mol. The third kappa shape index (κ3) is 8.44. The van der Waals surface area contributed by atoms with Gasteiger partial charge in [-0.05, 0) is 25.3 Å². The number of rotatable bonds is 6. The quantitative estimate of drug-likeness (QED) is 0.580. The Hall–Kier alpha value is -0.290. The molecule has 17 heavy (non-hydrogen) atoms. The molecule has 0 saturated heterocycles. The molecule has 1 aliphatic rings. The van der Waals surface area contributed by atoms with Gasteiger partial charge >= 0.3 is 6.18 Å². The zero-order valence-electron chi connectivity index (χ0n) is 10.2. The predicted octanol–water partition coefficient (Wildman–Crippen LogP) is 3.13. The summed E-state index contributed by atoms with van der Waals surface area (Å²) in [5, 5.41) is 3.18. The Morgan fingerprint density at radius 2 is 1.71 bits per heavy atom. The van der Waals surface area contributed by atoms with Crippen molar-refractivity contribution >= 4 is 0 Å². The normalized spacial score (nSPS) is 19.2. The van der Waals surface area contributed by atoms with Crippen molar-refractivity contribution in [3.8, 4) is 0 Å². The highest BCUT2D eigenvalue weighted by atomic mass is 19.4. The molecule has 0 aromatic carbocycles. The van der Waals surface area contributed by atoms with Crippen LogP contribution in [0.4, 0.5) is 13.2 Å². The van der Waals surface area contributed by atoms with E-state index in [0.29, 0.717) is 12.5 Å². The Morgan fingerprint density at radius 1 is 1.06 bits per heavy atom. The van der Waals surface area contributed by atoms with Crippen molar-refractivity contribution in [2.45, 2.75) is 44.7 Å². The maximum absolute atomic E-state index is 11.8. The van der Waals surface area contributed by atoms with Gasteiger partial charge in [0, 0.05) is 6.54 Å². The Labute approximate surface area is 101 Å². The van der Waals surface area contributed by atoms with Gasteiger partial charge in [-0.25, -0.2) is 0 Å². The van der Waals surface area contributed by atoms with Gasteiger partial charge in [0.05, 0.1) is 6.61 Å². The largest absolute Gasteiger partial charge is 0.411 e. The van der Waals surface area contributed by atoms with Gasteiger partial charge in [0.1, 0.15) is 6.61 Å². The van der Waals surface area contributed by atoms with Crippen LogP contribution < -0.4 is 5.32 Å². The highest BCUT2D eigenvalue weighted by molar-refractivity contribution is 4.66. The molecule has 0 atom stereocenters. The molecule has 0 aromatic rings. The zero-order chi connectivity index (χ0) is 12.6. The summed E-state index contributed by atoms with van der Waals surface area (Å²) < 4.78 is 39.8. The van der Waals surface area contributed by atoms with Crippen LogP contribution in [-0.2, 0) is 4.74 Å². The molecular weight excluding hydrogens is 231 g/mol. The first-order chi connectivity index (χ1) is 8.08. The SMILES string of the molecule is FC(F)(F)COCCNCC1CCCCCC1. The Morgan fingerprint density at radius 3 is 2.29 bits per heavy atom. The van der Waals surface area contributed by atoms with E-state index < -0.39 is 12.8 Å². The van der Waals surface area contributed by atoms with Gasteiger partial charge < -0.3 is 10.1 Å². The minimum Gasteiger partial charge on any atom is -0.371 e. The molecule has 1 saturated carbocycles. The summed E-state index contributed by atoms with van der Waals surface area (Å²) in [5.41, 5.74) is 0. The van der Waals surface area contributed by atoms with Crippen molar-refractivity contribution < 1.29 is 17.9 Å². The van der Waals surface area contributed by atoms with Crippen molar-refractivity contribution in [2.24, 2.45) is 5.92 Å². The molecule has 5 heteroatoms. The second-order valence-electron chi connectivity index (χ2n) is 4.73. The number of hydrogen-bond acceptors (Lipinski definition) is 2. The van der Waals surface area contributed by atoms with Crippen LogP contribution >= 0.6 is 0 Å². The van der Waals surface area contributed by atoms with E-state index in [-0.39, 0.29) is 6.61 Å². The number of hydrogen-bond donors (Lipinski definition) is 1. The van der Waals surface area contributed by atoms with Gasteiger partial charge in [-0.15, -0.1) is 0 Å². The van der Waals surface area contributed by atoms with Crippen LogP contribution in [0.1, 0.15) is 38.5 Å².